The summed E-state index contributed by atoms with van der Waals surface area (Å²) in [7, 11) is 0. The van der Waals surface area contributed by atoms with Crippen LogP contribution in [-0.4, -0.2) is 12.1 Å². The molecule has 0 aromatic heterocycles. The van der Waals surface area contributed by atoms with Gasteiger partial charge in [0.1, 0.15) is 5.75 Å². The fraction of sp³-hybridized carbons (Fsp3) is 0.647. The minimum absolute atomic E-state index is 0.387. The van der Waals surface area contributed by atoms with Crippen molar-refractivity contribution in [3.63, 3.8) is 0 Å². The predicted octanol–water partition coefficient (Wildman–Crippen LogP) is 4.69. The average Bonchev–Trinajstić information content (AvgIpc) is 3.26. The second-order valence-electron chi connectivity index (χ2n) is 6.14. The highest BCUT2D eigenvalue weighted by atomic mass is 35.5. The fourth-order valence-electron chi connectivity index (χ4n) is 2.88. The summed E-state index contributed by atoms with van der Waals surface area (Å²) < 4.78 is 6.28. The molecular formula is C17H24ClNO. The van der Waals surface area contributed by atoms with Crippen LogP contribution in [0, 0.1) is 0 Å². The van der Waals surface area contributed by atoms with Crippen LogP contribution in [-0.2, 0) is 6.54 Å². The highest BCUT2D eigenvalue weighted by molar-refractivity contribution is 6.30. The summed E-state index contributed by atoms with van der Waals surface area (Å²) in [5, 5.41) is 4.35. The molecule has 2 aliphatic rings. The van der Waals surface area contributed by atoms with E-state index in [2.05, 4.69) is 5.32 Å². The largest absolute Gasteiger partial charge is 0.490 e. The van der Waals surface area contributed by atoms with Crippen LogP contribution in [0.5, 0.6) is 5.75 Å². The van der Waals surface area contributed by atoms with E-state index in [1.165, 1.54) is 56.9 Å². The zero-order valence-electron chi connectivity index (χ0n) is 12.0. The van der Waals surface area contributed by atoms with Gasteiger partial charge in [-0.05, 0) is 56.7 Å². The van der Waals surface area contributed by atoms with E-state index in [-0.39, 0.29) is 0 Å². The molecule has 0 unspecified atom stereocenters. The molecule has 0 radical (unpaired) electrons. The summed E-state index contributed by atoms with van der Waals surface area (Å²) in [5.41, 5.74) is 1.20. The highest BCUT2D eigenvalue weighted by Crippen LogP contribution is 2.28. The number of rotatable bonds is 5. The summed E-state index contributed by atoms with van der Waals surface area (Å²) in [6.07, 6.45) is 10.7. The third kappa shape index (κ3) is 4.13. The van der Waals surface area contributed by atoms with Gasteiger partial charge < -0.3 is 10.1 Å². The smallest absolute Gasteiger partial charge is 0.124 e. The van der Waals surface area contributed by atoms with Crippen LogP contribution in [0.1, 0.15) is 56.9 Å². The van der Waals surface area contributed by atoms with Gasteiger partial charge in [0.05, 0.1) is 6.10 Å². The van der Waals surface area contributed by atoms with Crippen molar-refractivity contribution in [3.8, 4) is 5.75 Å². The quantitative estimate of drug-likeness (QED) is 0.795. The molecule has 0 spiro atoms. The van der Waals surface area contributed by atoms with Crippen molar-refractivity contribution in [2.24, 2.45) is 0 Å². The Morgan fingerprint density at radius 3 is 2.50 bits per heavy atom. The summed E-state index contributed by atoms with van der Waals surface area (Å²) in [6, 6.07) is 6.73. The van der Waals surface area contributed by atoms with Gasteiger partial charge in [0.25, 0.3) is 0 Å². The number of halogens is 1. The van der Waals surface area contributed by atoms with Crippen LogP contribution in [0.2, 0.25) is 5.02 Å². The lowest BCUT2D eigenvalue weighted by molar-refractivity contribution is 0.181. The van der Waals surface area contributed by atoms with E-state index in [1.54, 1.807) is 0 Å². The van der Waals surface area contributed by atoms with Gasteiger partial charge in [-0.25, -0.2) is 0 Å². The standard InChI is InChI=1S/C17H24ClNO/c18-14-7-10-17(13(11-14)12-19-15-8-9-15)20-16-5-3-1-2-4-6-16/h7,10-11,15-16,19H,1-6,8-9,12H2. The molecule has 110 valence electrons. The van der Waals surface area contributed by atoms with Crippen LogP contribution in [0.15, 0.2) is 18.2 Å². The van der Waals surface area contributed by atoms with E-state index in [9.17, 15) is 0 Å². The van der Waals surface area contributed by atoms with E-state index in [0.717, 1.165) is 17.3 Å². The van der Waals surface area contributed by atoms with Crippen molar-refractivity contribution in [1.82, 2.24) is 5.32 Å². The lowest BCUT2D eigenvalue weighted by Crippen LogP contribution is -2.19. The average molecular weight is 294 g/mol. The van der Waals surface area contributed by atoms with Crippen LogP contribution < -0.4 is 10.1 Å². The normalized spacial score (nSPS) is 20.6. The first-order chi connectivity index (χ1) is 9.81. The maximum Gasteiger partial charge on any atom is 0.124 e. The van der Waals surface area contributed by atoms with E-state index < -0.39 is 0 Å². The molecule has 0 amide bonds. The molecule has 2 nitrogen and oxygen atoms in total. The van der Waals surface area contributed by atoms with E-state index >= 15 is 0 Å². The molecule has 1 aromatic carbocycles. The molecule has 0 saturated heterocycles. The maximum atomic E-state index is 6.28. The van der Waals surface area contributed by atoms with Gasteiger partial charge in [-0.15, -0.1) is 0 Å². The third-order valence-corrected chi connectivity index (χ3v) is 4.51. The van der Waals surface area contributed by atoms with Crippen LogP contribution >= 0.6 is 11.6 Å². The van der Waals surface area contributed by atoms with Crippen LogP contribution in [0.4, 0.5) is 0 Å². The Hall–Kier alpha value is -0.730. The van der Waals surface area contributed by atoms with Crippen molar-refractivity contribution in [2.45, 2.75) is 70.1 Å². The third-order valence-electron chi connectivity index (χ3n) is 4.28. The molecule has 1 N–H and O–H groups in total. The van der Waals surface area contributed by atoms with Crippen molar-refractivity contribution in [3.05, 3.63) is 28.8 Å². The Bertz CT molecular complexity index is 437. The molecule has 0 atom stereocenters. The topological polar surface area (TPSA) is 21.3 Å². The second kappa shape index (κ2) is 6.82. The summed E-state index contributed by atoms with van der Waals surface area (Å²) in [4.78, 5) is 0. The number of hydrogen-bond acceptors (Lipinski definition) is 2. The van der Waals surface area contributed by atoms with Gasteiger partial charge in [0, 0.05) is 23.2 Å². The highest BCUT2D eigenvalue weighted by Gasteiger charge is 2.21. The van der Waals surface area contributed by atoms with Gasteiger partial charge in [-0.1, -0.05) is 24.4 Å². The zero-order chi connectivity index (χ0) is 13.8. The molecule has 3 heteroatoms. The van der Waals surface area contributed by atoms with Gasteiger partial charge in [0.15, 0.2) is 0 Å². The van der Waals surface area contributed by atoms with Gasteiger partial charge in [-0.3, -0.25) is 0 Å². The molecule has 2 fully saturated rings. The summed E-state index contributed by atoms with van der Waals surface area (Å²) in [6.45, 7) is 0.868. The van der Waals surface area contributed by atoms with Crippen molar-refractivity contribution in [1.29, 1.82) is 0 Å². The van der Waals surface area contributed by atoms with Gasteiger partial charge in [0.2, 0.25) is 0 Å². The van der Waals surface area contributed by atoms with Gasteiger partial charge >= 0.3 is 0 Å². The number of benzene rings is 1. The maximum absolute atomic E-state index is 6.28. The molecule has 0 bridgehead atoms. The monoisotopic (exact) mass is 293 g/mol. The number of ether oxygens (including phenoxy) is 1. The first-order valence-electron chi connectivity index (χ1n) is 8.00. The minimum Gasteiger partial charge on any atom is -0.490 e. The molecule has 20 heavy (non-hydrogen) atoms. The molecular weight excluding hydrogens is 270 g/mol. The SMILES string of the molecule is Clc1ccc(OC2CCCCCC2)c(CNC2CC2)c1. The predicted molar refractivity (Wildman–Crippen MR) is 83.4 cm³/mol. The summed E-state index contributed by atoms with van der Waals surface area (Å²) >= 11 is 6.13. The molecule has 3 rings (SSSR count). The molecule has 1 aromatic rings. The van der Waals surface area contributed by atoms with Crippen molar-refractivity contribution >= 4 is 11.6 Å². The molecule has 0 heterocycles. The Kier molecular flexibility index (Phi) is 4.85. The number of hydrogen-bond donors (Lipinski definition) is 1. The molecule has 0 aliphatic heterocycles. The van der Waals surface area contributed by atoms with Crippen molar-refractivity contribution < 1.29 is 4.74 Å². The van der Waals surface area contributed by atoms with Crippen LogP contribution in [0.25, 0.3) is 0 Å². The van der Waals surface area contributed by atoms with E-state index in [4.69, 9.17) is 16.3 Å². The molecule has 2 saturated carbocycles. The first kappa shape index (κ1) is 14.2. The van der Waals surface area contributed by atoms with E-state index in [0.29, 0.717) is 12.1 Å². The second-order valence-corrected chi connectivity index (χ2v) is 6.58. The first-order valence-corrected chi connectivity index (χ1v) is 8.37. The Labute approximate surface area is 126 Å². The van der Waals surface area contributed by atoms with E-state index in [1.807, 2.05) is 18.2 Å². The lowest BCUT2D eigenvalue weighted by atomic mass is 10.1. The lowest BCUT2D eigenvalue weighted by Gasteiger charge is -2.20. The fourth-order valence-corrected chi connectivity index (χ4v) is 3.08. The summed E-state index contributed by atoms with van der Waals surface area (Å²) in [5.74, 6) is 1.02. The van der Waals surface area contributed by atoms with Gasteiger partial charge in [-0.2, -0.15) is 0 Å². The van der Waals surface area contributed by atoms with Crippen LogP contribution in [0.3, 0.4) is 0 Å². The Morgan fingerprint density at radius 1 is 1.05 bits per heavy atom. The minimum atomic E-state index is 0.387. The Balaban J connectivity index is 1.66. The zero-order valence-corrected chi connectivity index (χ0v) is 12.8. The molecule has 2 aliphatic carbocycles. The Morgan fingerprint density at radius 2 is 1.80 bits per heavy atom. The number of nitrogens with one attached hydrogen (secondary N) is 1. The van der Waals surface area contributed by atoms with Crippen molar-refractivity contribution in [2.75, 3.05) is 0 Å².